The zero-order chi connectivity index (χ0) is 43.6. The van der Waals surface area contributed by atoms with Crippen molar-refractivity contribution in [1.29, 1.82) is 0 Å². The lowest BCUT2D eigenvalue weighted by atomic mass is 9.29. The molecule has 3 nitrogen and oxygen atoms in total. The number of aryl methyl sites for hydroxylation is 1. The number of furan rings is 1. The maximum absolute atomic E-state index is 7.41. The van der Waals surface area contributed by atoms with Crippen molar-refractivity contribution in [2.45, 2.75) is 136 Å². The van der Waals surface area contributed by atoms with Crippen molar-refractivity contribution < 1.29 is 4.42 Å². The van der Waals surface area contributed by atoms with Crippen molar-refractivity contribution in [2.75, 3.05) is 9.80 Å². The Morgan fingerprint density at radius 3 is 2.02 bits per heavy atom. The number of hydrogen-bond donors (Lipinski definition) is 0. The third kappa shape index (κ3) is 5.50. The number of allylic oxidation sites excluding steroid dienone is 2. The van der Waals surface area contributed by atoms with Crippen molar-refractivity contribution in [3.8, 4) is 11.1 Å². The van der Waals surface area contributed by atoms with Gasteiger partial charge >= 0.3 is 0 Å². The molecule has 3 unspecified atom stereocenters. The Hall–Kier alpha value is -5.22. The van der Waals surface area contributed by atoms with Gasteiger partial charge in [-0.05, 0) is 134 Å². The summed E-state index contributed by atoms with van der Waals surface area (Å²) >= 11 is 0. The molecule has 0 radical (unpaired) electrons. The molecule has 4 heteroatoms. The van der Waals surface area contributed by atoms with Gasteiger partial charge < -0.3 is 14.2 Å². The molecule has 5 aliphatic rings. The highest BCUT2D eigenvalue weighted by Crippen LogP contribution is 2.64. The van der Waals surface area contributed by atoms with Crippen LogP contribution in [0.4, 0.5) is 28.4 Å². The minimum Gasteiger partial charge on any atom is -0.469 e. The van der Waals surface area contributed by atoms with E-state index in [9.17, 15) is 0 Å². The predicted molar refractivity (Wildman–Crippen MR) is 265 cm³/mol. The van der Waals surface area contributed by atoms with E-state index < -0.39 is 0 Å². The van der Waals surface area contributed by atoms with E-state index in [1.807, 2.05) is 0 Å². The Morgan fingerprint density at radius 2 is 1.32 bits per heavy atom. The van der Waals surface area contributed by atoms with Gasteiger partial charge in [-0.2, -0.15) is 0 Å². The van der Waals surface area contributed by atoms with Crippen molar-refractivity contribution in [1.82, 2.24) is 0 Å². The van der Waals surface area contributed by atoms with Gasteiger partial charge in [0, 0.05) is 33.4 Å². The van der Waals surface area contributed by atoms with E-state index in [2.05, 4.69) is 209 Å². The molecular weight excluding hydrogens is 751 g/mol. The molecule has 1 aromatic heterocycles. The topological polar surface area (TPSA) is 19.6 Å². The van der Waals surface area contributed by atoms with Crippen LogP contribution in [0.2, 0.25) is 5.82 Å². The highest BCUT2D eigenvalue weighted by atomic mass is 16.3. The van der Waals surface area contributed by atoms with E-state index in [4.69, 9.17) is 4.42 Å². The first-order valence-electron chi connectivity index (χ1n) is 23.3. The fourth-order valence-corrected chi connectivity index (χ4v) is 12.1. The van der Waals surface area contributed by atoms with Crippen molar-refractivity contribution >= 4 is 57.2 Å². The van der Waals surface area contributed by atoms with Gasteiger partial charge in [-0.3, -0.25) is 0 Å². The Kier molecular flexibility index (Phi) is 8.12. The highest BCUT2D eigenvalue weighted by Gasteiger charge is 2.60. The van der Waals surface area contributed by atoms with Crippen LogP contribution < -0.4 is 20.9 Å². The van der Waals surface area contributed by atoms with Crippen molar-refractivity contribution in [3.63, 3.8) is 0 Å². The Bertz CT molecular complexity index is 2940. The number of rotatable bonds is 2. The Morgan fingerprint density at radius 1 is 0.661 bits per heavy atom. The molecule has 2 aliphatic carbocycles. The van der Waals surface area contributed by atoms with Crippen LogP contribution in [-0.2, 0) is 21.7 Å². The molecular formula is C58H63BN2O. The number of nitrogens with zero attached hydrogens (tertiary/aromatic N) is 2. The molecule has 62 heavy (non-hydrogen) atoms. The maximum atomic E-state index is 7.41. The third-order valence-electron chi connectivity index (χ3n) is 15.7. The summed E-state index contributed by atoms with van der Waals surface area (Å²) in [5, 5.41) is 1.18. The highest BCUT2D eigenvalue weighted by molar-refractivity contribution is 6.91. The van der Waals surface area contributed by atoms with Gasteiger partial charge in [0.05, 0.1) is 23.1 Å². The van der Waals surface area contributed by atoms with Gasteiger partial charge in [0.25, 0.3) is 6.71 Å². The molecule has 3 atom stereocenters. The second kappa shape index (κ2) is 12.7. The maximum Gasteiger partial charge on any atom is 0.272 e. The van der Waals surface area contributed by atoms with Gasteiger partial charge in [0.1, 0.15) is 5.58 Å². The van der Waals surface area contributed by atoms with Crippen molar-refractivity contribution in [2.24, 2.45) is 5.41 Å². The number of benzene rings is 5. The zero-order valence-electron chi connectivity index (χ0n) is 39.3. The van der Waals surface area contributed by atoms with E-state index >= 15 is 0 Å². The van der Waals surface area contributed by atoms with E-state index in [0.717, 1.165) is 17.7 Å². The van der Waals surface area contributed by atoms with E-state index in [1.54, 1.807) is 11.1 Å². The summed E-state index contributed by atoms with van der Waals surface area (Å²) in [5.41, 5.74) is 22.1. The summed E-state index contributed by atoms with van der Waals surface area (Å²) < 4.78 is 7.41. The molecule has 4 heterocycles. The second-order valence-corrected chi connectivity index (χ2v) is 23.4. The van der Waals surface area contributed by atoms with Gasteiger partial charge in [0.2, 0.25) is 0 Å². The number of fused-ring (bicyclic) bond motifs is 9. The fourth-order valence-electron chi connectivity index (χ4n) is 12.1. The Balaban J connectivity index is 1.30. The summed E-state index contributed by atoms with van der Waals surface area (Å²) in [7, 11) is 0. The molecule has 11 rings (SSSR count). The standard InChI is InChI=1S/C58H63BN2O/c1-34-19-26-48-40(29-34)51-53(62-48)59-43-23-22-41-49-52(43)61(45-25-21-37(55(5,6)7)31-42(45)58(49,13)28-27-57(41,11)12)47-33-38(56(8,9)10)32-46(50(47)59)60(51)44-24-20-36(54(2,3)4)30-39(44)35-17-15-14-16-18-35/h14-26,29-33,43,52H,27-28H2,1-13H3. The fraction of sp³-hybridized carbons (Fsp3) is 0.379. The molecule has 3 aliphatic heterocycles. The minimum absolute atomic E-state index is 0.0163. The van der Waals surface area contributed by atoms with Gasteiger partial charge in [-0.25, -0.2) is 0 Å². The largest absolute Gasteiger partial charge is 0.469 e. The lowest BCUT2D eigenvalue weighted by Gasteiger charge is -2.61. The van der Waals surface area contributed by atoms with Crippen molar-refractivity contribution in [3.05, 3.63) is 148 Å². The normalized spacial score (nSPS) is 22.1. The summed E-state index contributed by atoms with van der Waals surface area (Å²) in [6.45, 7) is 31.0. The zero-order valence-corrected chi connectivity index (χ0v) is 39.3. The molecule has 314 valence electrons. The molecule has 6 aromatic rings. The van der Waals surface area contributed by atoms with E-state index in [1.165, 1.54) is 84.7 Å². The first-order chi connectivity index (χ1) is 29.2. The quantitative estimate of drug-likeness (QED) is 0.162. The molecule has 0 fully saturated rings. The number of anilines is 5. The SMILES string of the molecule is Cc1ccc2oc3c(c2c1)N(c1ccc(C(C)(C)C)cc1-c1ccccc1)c1cc(C(C)(C)C)cc2c1B3C1C=CC3=C4C1N2c1ccc(C(C)(C)C)cc1C4(C)CCC3(C)C. The van der Waals surface area contributed by atoms with Gasteiger partial charge in [-0.15, -0.1) is 0 Å². The Labute approximate surface area is 371 Å². The smallest absolute Gasteiger partial charge is 0.272 e. The molecule has 0 amide bonds. The van der Waals surface area contributed by atoms with Crippen LogP contribution in [0.5, 0.6) is 0 Å². The lowest BCUT2D eigenvalue weighted by Crippen LogP contribution is -2.65. The molecule has 0 saturated carbocycles. The van der Waals surface area contributed by atoms with Gasteiger partial charge in [-0.1, -0.05) is 155 Å². The molecule has 5 aromatic carbocycles. The van der Waals surface area contributed by atoms with Crippen LogP contribution in [0.1, 0.15) is 124 Å². The van der Waals surface area contributed by atoms with Crippen LogP contribution in [0.25, 0.3) is 22.1 Å². The van der Waals surface area contributed by atoms with Crippen LogP contribution in [-0.4, -0.2) is 12.8 Å². The summed E-state index contributed by atoms with van der Waals surface area (Å²) in [6, 6.07) is 37.9. The van der Waals surface area contributed by atoms with Crippen LogP contribution in [0, 0.1) is 12.3 Å². The molecule has 0 saturated heterocycles. The monoisotopic (exact) mass is 815 g/mol. The summed E-state index contributed by atoms with van der Waals surface area (Å²) in [4.78, 5) is 5.45. The predicted octanol–water partition coefficient (Wildman–Crippen LogP) is 14.5. The second-order valence-electron chi connectivity index (χ2n) is 23.4. The van der Waals surface area contributed by atoms with E-state index in [-0.39, 0.29) is 45.6 Å². The molecule has 0 spiro atoms. The average Bonchev–Trinajstić information content (AvgIpc) is 3.59. The van der Waals surface area contributed by atoms with Crippen LogP contribution >= 0.6 is 0 Å². The number of hydrogen-bond acceptors (Lipinski definition) is 3. The van der Waals surface area contributed by atoms with Crippen LogP contribution in [0.3, 0.4) is 0 Å². The lowest BCUT2D eigenvalue weighted by molar-refractivity contribution is 0.288. The summed E-state index contributed by atoms with van der Waals surface area (Å²) in [6.07, 6.45) is 7.49. The van der Waals surface area contributed by atoms with Gasteiger partial charge in [0.15, 0.2) is 0 Å². The molecule has 0 N–H and O–H groups in total. The summed E-state index contributed by atoms with van der Waals surface area (Å²) in [5.74, 6) is 0.170. The average molecular weight is 815 g/mol. The minimum atomic E-state index is -0.107. The van der Waals surface area contributed by atoms with Crippen LogP contribution in [0.15, 0.2) is 125 Å². The first kappa shape index (κ1) is 39.6. The first-order valence-corrected chi connectivity index (χ1v) is 23.3. The third-order valence-corrected chi connectivity index (χ3v) is 15.7. The van der Waals surface area contributed by atoms with E-state index in [0.29, 0.717) is 0 Å². The molecule has 0 bridgehead atoms.